The van der Waals surface area contributed by atoms with Gasteiger partial charge in [0.25, 0.3) is 0 Å². The van der Waals surface area contributed by atoms with Gasteiger partial charge in [0.2, 0.25) is 5.88 Å². The number of ether oxygens (including phenoxy) is 2. The summed E-state index contributed by atoms with van der Waals surface area (Å²) in [5, 5.41) is 10.4. The Hall–Kier alpha value is -4.85. The van der Waals surface area contributed by atoms with Crippen LogP contribution in [0.15, 0.2) is 90.1 Å². The van der Waals surface area contributed by atoms with Gasteiger partial charge in [-0.05, 0) is 60.9 Å². The highest BCUT2D eigenvalue weighted by atomic mass is 16.5. The van der Waals surface area contributed by atoms with Gasteiger partial charge in [0.1, 0.15) is 0 Å². The van der Waals surface area contributed by atoms with Crippen LogP contribution in [0.4, 0.5) is 16.2 Å². The number of aryl methyl sites for hydroxylation is 2. The Labute approximate surface area is 216 Å². The number of benzene rings is 3. The molecule has 1 aromatic heterocycles. The third-order valence-corrected chi connectivity index (χ3v) is 5.44. The molecule has 188 valence electrons. The number of hydrogen-bond donors (Lipinski definition) is 2. The van der Waals surface area contributed by atoms with Crippen LogP contribution in [-0.2, 0) is 11.2 Å². The number of nitrogens with zero attached hydrogens (tertiary/aromatic N) is 3. The maximum atomic E-state index is 12.7. The molecule has 2 amide bonds. The van der Waals surface area contributed by atoms with Crippen molar-refractivity contribution in [3.8, 4) is 17.3 Å². The molecule has 0 saturated heterocycles. The van der Waals surface area contributed by atoms with Gasteiger partial charge < -0.3 is 20.1 Å². The summed E-state index contributed by atoms with van der Waals surface area (Å²) in [5.41, 5.74) is 5.07. The Kier molecular flexibility index (Phi) is 8.33. The van der Waals surface area contributed by atoms with E-state index in [1.165, 1.54) is 13.5 Å². The molecule has 1 heterocycles. The van der Waals surface area contributed by atoms with Crippen LogP contribution >= 0.6 is 0 Å². The van der Waals surface area contributed by atoms with E-state index >= 15 is 0 Å². The van der Waals surface area contributed by atoms with E-state index in [1.54, 1.807) is 23.0 Å². The van der Waals surface area contributed by atoms with E-state index < -0.39 is 0 Å². The lowest BCUT2D eigenvalue weighted by molar-refractivity contribution is 0.262. The number of rotatable bonds is 9. The summed E-state index contributed by atoms with van der Waals surface area (Å²) >= 11 is 0. The normalized spacial score (nSPS) is 11.1. The molecule has 4 aromatic rings. The molecule has 0 bridgehead atoms. The minimum Gasteiger partial charge on any atom is -0.486 e. The van der Waals surface area contributed by atoms with Crippen LogP contribution in [0.3, 0.4) is 0 Å². The number of aromatic nitrogens is 2. The van der Waals surface area contributed by atoms with E-state index in [0.29, 0.717) is 23.0 Å². The highest BCUT2D eigenvalue weighted by Crippen LogP contribution is 2.32. The second-order valence-corrected chi connectivity index (χ2v) is 8.12. The number of urea groups is 1. The van der Waals surface area contributed by atoms with Crippen molar-refractivity contribution in [3.05, 3.63) is 102 Å². The third kappa shape index (κ3) is 6.64. The molecule has 0 aliphatic heterocycles. The van der Waals surface area contributed by atoms with Crippen LogP contribution in [0.1, 0.15) is 23.7 Å². The summed E-state index contributed by atoms with van der Waals surface area (Å²) < 4.78 is 12.8. The topological polar surface area (TPSA) is 89.8 Å². The van der Waals surface area contributed by atoms with Crippen molar-refractivity contribution in [2.75, 3.05) is 17.7 Å². The average Bonchev–Trinajstić information content (AvgIpc) is 3.28. The van der Waals surface area contributed by atoms with Crippen molar-refractivity contribution in [2.45, 2.75) is 20.3 Å². The maximum Gasteiger partial charge on any atom is 0.323 e. The van der Waals surface area contributed by atoms with Crippen LogP contribution in [0.2, 0.25) is 0 Å². The number of para-hydroxylation sites is 3. The summed E-state index contributed by atoms with van der Waals surface area (Å²) in [7, 11) is 1.54. The number of carbonyl (C=O) groups is 1. The largest absolute Gasteiger partial charge is 0.486 e. The molecule has 0 unspecified atom stereocenters. The summed E-state index contributed by atoms with van der Waals surface area (Å²) in [4.78, 5) is 16.7. The first-order chi connectivity index (χ1) is 18.1. The van der Waals surface area contributed by atoms with Gasteiger partial charge in [0.15, 0.2) is 12.2 Å². The van der Waals surface area contributed by atoms with Crippen molar-refractivity contribution < 1.29 is 14.3 Å². The van der Waals surface area contributed by atoms with E-state index in [2.05, 4.69) is 33.7 Å². The van der Waals surface area contributed by atoms with Crippen LogP contribution in [-0.4, -0.2) is 29.3 Å². The fourth-order valence-electron chi connectivity index (χ4n) is 3.70. The molecule has 0 fully saturated rings. The van der Waals surface area contributed by atoms with Gasteiger partial charge in [-0.3, -0.25) is 0 Å². The first kappa shape index (κ1) is 25.2. The molecule has 0 atom stereocenters. The molecule has 4 rings (SSSR count). The molecule has 3 aromatic carbocycles. The fourth-order valence-corrected chi connectivity index (χ4v) is 3.70. The summed E-state index contributed by atoms with van der Waals surface area (Å²) in [6.45, 7) is 4.03. The lowest BCUT2D eigenvalue weighted by atomic mass is 10.1. The number of nitrogens with one attached hydrogen (secondary N) is 2. The maximum absolute atomic E-state index is 12.7. The number of methoxy groups -OCH3 is 1. The monoisotopic (exact) mass is 495 g/mol. The fraction of sp³-hybridized carbons (Fsp3) is 0.138. The first-order valence-electron chi connectivity index (χ1n) is 11.9. The molecule has 0 aliphatic rings. The predicted octanol–water partition coefficient (Wildman–Crippen LogP) is 6.82. The van der Waals surface area contributed by atoms with E-state index in [-0.39, 0.29) is 6.03 Å². The molecule has 0 radical (unpaired) electrons. The van der Waals surface area contributed by atoms with Crippen LogP contribution in [0.5, 0.6) is 11.6 Å². The molecule has 37 heavy (non-hydrogen) atoms. The Morgan fingerprint density at radius 2 is 1.78 bits per heavy atom. The van der Waals surface area contributed by atoms with Crippen molar-refractivity contribution in [2.24, 2.45) is 4.99 Å². The van der Waals surface area contributed by atoms with Gasteiger partial charge in [0, 0.05) is 18.0 Å². The van der Waals surface area contributed by atoms with Crippen molar-refractivity contribution in [1.82, 2.24) is 9.78 Å². The molecular formula is C29H29N5O3. The van der Waals surface area contributed by atoms with Crippen LogP contribution in [0.25, 0.3) is 11.8 Å². The van der Waals surface area contributed by atoms with Gasteiger partial charge in [-0.15, -0.1) is 0 Å². The summed E-state index contributed by atoms with van der Waals surface area (Å²) in [5.74, 6) is 1.07. The van der Waals surface area contributed by atoms with Crippen molar-refractivity contribution >= 4 is 29.9 Å². The molecule has 8 nitrogen and oxygen atoms in total. The highest BCUT2D eigenvalue weighted by molar-refractivity contribution is 6.00. The second kappa shape index (κ2) is 12.2. The standard InChI is InChI=1S/C29H29N5O3/c1-4-23-9-5-7-11-26(23)34-28(19-21(2)33-34)37-27-12-8-6-10-25(27)32-29(35)31-24-15-13-22(14-16-24)17-18-30-20-36-3/h5-20H,4H2,1-3H3,(H2,31,32,35)/b18-17+,30-20-. The van der Waals surface area contributed by atoms with E-state index in [0.717, 1.165) is 28.9 Å². The SMILES string of the molecule is CCc1ccccc1-n1nc(C)cc1Oc1ccccc1NC(=O)Nc1ccc(/C=C/N=C\OC)cc1. The van der Waals surface area contributed by atoms with E-state index in [1.807, 2.05) is 73.7 Å². The van der Waals surface area contributed by atoms with Crippen molar-refractivity contribution in [3.63, 3.8) is 0 Å². The number of hydrogen-bond acceptors (Lipinski definition) is 5. The third-order valence-electron chi connectivity index (χ3n) is 5.44. The van der Waals surface area contributed by atoms with Gasteiger partial charge in [0.05, 0.1) is 24.2 Å². The molecule has 0 spiro atoms. The Balaban J connectivity index is 1.48. The lowest BCUT2D eigenvalue weighted by Crippen LogP contribution is -2.19. The summed E-state index contributed by atoms with van der Waals surface area (Å²) in [6, 6.07) is 24.3. The Morgan fingerprint density at radius 3 is 2.57 bits per heavy atom. The van der Waals surface area contributed by atoms with E-state index in [9.17, 15) is 4.79 Å². The first-order valence-corrected chi connectivity index (χ1v) is 11.9. The number of aliphatic imine (C=N–C) groups is 1. The molecule has 2 N–H and O–H groups in total. The van der Waals surface area contributed by atoms with Gasteiger partial charge in [-0.25, -0.2) is 14.5 Å². The minimum atomic E-state index is -0.384. The van der Waals surface area contributed by atoms with Gasteiger partial charge in [-0.2, -0.15) is 5.10 Å². The zero-order valence-electron chi connectivity index (χ0n) is 21.0. The number of amides is 2. The minimum absolute atomic E-state index is 0.384. The van der Waals surface area contributed by atoms with E-state index in [4.69, 9.17) is 9.47 Å². The van der Waals surface area contributed by atoms with Crippen LogP contribution in [0, 0.1) is 6.92 Å². The molecule has 8 heteroatoms. The summed E-state index contributed by atoms with van der Waals surface area (Å²) in [6.07, 6.45) is 5.67. The van der Waals surface area contributed by atoms with Crippen molar-refractivity contribution in [1.29, 1.82) is 0 Å². The smallest absolute Gasteiger partial charge is 0.323 e. The predicted molar refractivity (Wildman–Crippen MR) is 148 cm³/mol. The zero-order valence-corrected chi connectivity index (χ0v) is 21.0. The highest BCUT2D eigenvalue weighted by Gasteiger charge is 2.15. The second-order valence-electron chi connectivity index (χ2n) is 8.12. The van der Waals surface area contributed by atoms with Gasteiger partial charge in [-0.1, -0.05) is 49.4 Å². The number of anilines is 2. The molecular weight excluding hydrogens is 466 g/mol. The Bertz CT molecular complexity index is 1410. The molecule has 0 saturated carbocycles. The molecule has 0 aliphatic carbocycles. The number of carbonyl (C=O) groups excluding carboxylic acids is 1. The average molecular weight is 496 g/mol. The van der Waals surface area contributed by atoms with Gasteiger partial charge >= 0.3 is 6.03 Å². The lowest BCUT2D eigenvalue weighted by Gasteiger charge is -2.15. The quantitative estimate of drug-likeness (QED) is 0.197. The Morgan fingerprint density at radius 1 is 1.03 bits per heavy atom. The zero-order chi connectivity index (χ0) is 26.0. The van der Waals surface area contributed by atoms with Crippen LogP contribution < -0.4 is 15.4 Å².